The van der Waals surface area contributed by atoms with Crippen molar-refractivity contribution in [2.75, 3.05) is 19.6 Å². The Balaban J connectivity index is 1.81. The summed E-state index contributed by atoms with van der Waals surface area (Å²) in [5.41, 5.74) is 7.36. The largest absolute Gasteiger partial charge is 0.324 e. The fourth-order valence-corrected chi connectivity index (χ4v) is 2.42. The Hall–Kier alpha value is -0.600. The maximum Gasteiger partial charge on any atom is 0.0229 e. The molecule has 2 nitrogen and oxygen atoms in total. The van der Waals surface area contributed by atoms with Crippen LogP contribution in [0.4, 0.5) is 0 Å². The van der Waals surface area contributed by atoms with E-state index in [1.165, 1.54) is 25.1 Å². The molecule has 2 rings (SSSR count). The van der Waals surface area contributed by atoms with Crippen molar-refractivity contribution in [3.8, 4) is 0 Å². The van der Waals surface area contributed by atoms with Gasteiger partial charge in [-0.25, -0.2) is 0 Å². The third-order valence-electron chi connectivity index (χ3n) is 3.11. The van der Waals surface area contributed by atoms with E-state index in [0.717, 1.165) is 13.0 Å². The summed E-state index contributed by atoms with van der Waals surface area (Å²) in [5, 5.41) is 0. The van der Waals surface area contributed by atoms with Crippen molar-refractivity contribution in [1.29, 1.82) is 0 Å². The minimum Gasteiger partial charge on any atom is -0.324 e. The van der Waals surface area contributed by atoms with Gasteiger partial charge in [0.25, 0.3) is 0 Å². The van der Waals surface area contributed by atoms with Crippen molar-refractivity contribution in [2.45, 2.75) is 25.8 Å². The number of hydrogen-bond acceptors (Lipinski definition) is 2. The third kappa shape index (κ3) is 2.46. The van der Waals surface area contributed by atoms with Crippen LogP contribution in [-0.2, 0) is 0 Å². The molecule has 1 heterocycles. The SMILES string of the molecule is CC1=CCCN(CC2C=CC(N)C2)C1. The van der Waals surface area contributed by atoms with Gasteiger partial charge in [-0.1, -0.05) is 23.8 Å². The smallest absolute Gasteiger partial charge is 0.0229 e. The fraction of sp³-hybridized carbons (Fsp3) is 0.667. The molecule has 0 aromatic carbocycles. The molecular formula is C12H20N2. The number of rotatable bonds is 2. The summed E-state index contributed by atoms with van der Waals surface area (Å²) < 4.78 is 0. The Morgan fingerprint density at radius 3 is 3.00 bits per heavy atom. The molecule has 14 heavy (non-hydrogen) atoms. The molecule has 2 unspecified atom stereocenters. The zero-order valence-electron chi connectivity index (χ0n) is 8.95. The second-order valence-electron chi connectivity index (χ2n) is 4.62. The minimum absolute atomic E-state index is 0.307. The Kier molecular flexibility index (Phi) is 3.04. The van der Waals surface area contributed by atoms with E-state index >= 15 is 0 Å². The lowest BCUT2D eigenvalue weighted by Crippen LogP contribution is -2.33. The molecule has 0 aromatic heterocycles. The molecule has 0 amide bonds. The van der Waals surface area contributed by atoms with Crippen molar-refractivity contribution in [1.82, 2.24) is 4.90 Å². The Bertz CT molecular complexity index is 255. The summed E-state index contributed by atoms with van der Waals surface area (Å²) in [6.07, 6.45) is 9.15. The Labute approximate surface area is 86.5 Å². The van der Waals surface area contributed by atoms with E-state index in [9.17, 15) is 0 Å². The highest BCUT2D eigenvalue weighted by molar-refractivity contribution is 5.08. The van der Waals surface area contributed by atoms with Crippen LogP contribution >= 0.6 is 0 Å². The molecule has 2 atom stereocenters. The highest BCUT2D eigenvalue weighted by Gasteiger charge is 2.19. The number of nitrogens with two attached hydrogens (primary N) is 1. The first kappa shape index (κ1) is 9.94. The first-order valence-corrected chi connectivity index (χ1v) is 5.56. The average Bonchev–Trinajstić information content (AvgIpc) is 2.51. The van der Waals surface area contributed by atoms with Gasteiger partial charge < -0.3 is 5.73 Å². The zero-order chi connectivity index (χ0) is 9.97. The van der Waals surface area contributed by atoms with E-state index in [1.54, 1.807) is 0 Å². The molecule has 0 bridgehead atoms. The average molecular weight is 192 g/mol. The summed E-state index contributed by atoms with van der Waals surface area (Å²) in [7, 11) is 0. The van der Waals surface area contributed by atoms with Crippen LogP contribution in [-0.4, -0.2) is 30.6 Å². The van der Waals surface area contributed by atoms with Crippen LogP contribution in [0.5, 0.6) is 0 Å². The highest BCUT2D eigenvalue weighted by Crippen LogP contribution is 2.19. The summed E-state index contributed by atoms with van der Waals surface area (Å²) in [5.74, 6) is 0.691. The van der Waals surface area contributed by atoms with E-state index in [4.69, 9.17) is 5.73 Å². The second-order valence-corrected chi connectivity index (χ2v) is 4.62. The lowest BCUT2D eigenvalue weighted by Gasteiger charge is -2.28. The molecule has 0 fully saturated rings. The quantitative estimate of drug-likeness (QED) is 0.672. The molecule has 2 heteroatoms. The lowest BCUT2D eigenvalue weighted by molar-refractivity contribution is 0.259. The minimum atomic E-state index is 0.307. The molecule has 2 N–H and O–H groups in total. The van der Waals surface area contributed by atoms with Crippen molar-refractivity contribution in [2.24, 2.45) is 11.7 Å². The standard InChI is InChI=1S/C12H20N2/c1-10-3-2-6-14(8-10)9-11-4-5-12(13)7-11/h3-5,11-12H,2,6-9,13H2,1H3. The van der Waals surface area contributed by atoms with E-state index in [2.05, 4.69) is 30.1 Å². The number of nitrogens with zero attached hydrogens (tertiary/aromatic N) is 1. The number of hydrogen-bond donors (Lipinski definition) is 1. The van der Waals surface area contributed by atoms with Crippen molar-refractivity contribution >= 4 is 0 Å². The predicted octanol–water partition coefficient (Wildman–Crippen LogP) is 1.54. The first-order chi connectivity index (χ1) is 6.74. The van der Waals surface area contributed by atoms with Crippen LogP contribution < -0.4 is 5.73 Å². The first-order valence-electron chi connectivity index (χ1n) is 5.56. The molecule has 0 spiro atoms. The molecule has 1 aliphatic heterocycles. The summed E-state index contributed by atoms with van der Waals surface area (Å²) in [6, 6.07) is 0.307. The van der Waals surface area contributed by atoms with Crippen LogP contribution in [0.2, 0.25) is 0 Å². The van der Waals surface area contributed by atoms with Gasteiger partial charge in [0.2, 0.25) is 0 Å². The van der Waals surface area contributed by atoms with Crippen molar-refractivity contribution in [3.63, 3.8) is 0 Å². The van der Waals surface area contributed by atoms with Gasteiger partial charge in [-0.05, 0) is 25.7 Å². The van der Waals surface area contributed by atoms with Crippen molar-refractivity contribution in [3.05, 3.63) is 23.8 Å². The van der Waals surface area contributed by atoms with Gasteiger partial charge in [0.1, 0.15) is 0 Å². The van der Waals surface area contributed by atoms with E-state index < -0.39 is 0 Å². The van der Waals surface area contributed by atoms with Crippen LogP contribution in [0.25, 0.3) is 0 Å². The van der Waals surface area contributed by atoms with Gasteiger partial charge in [-0.15, -0.1) is 0 Å². The van der Waals surface area contributed by atoms with E-state index in [0.29, 0.717) is 12.0 Å². The molecule has 0 saturated heterocycles. The van der Waals surface area contributed by atoms with Gasteiger partial charge in [0, 0.05) is 25.7 Å². The van der Waals surface area contributed by atoms with Crippen molar-refractivity contribution < 1.29 is 0 Å². The van der Waals surface area contributed by atoms with E-state index in [1.807, 2.05) is 0 Å². The topological polar surface area (TPSA) is 29.3 Å². The fourth-order valence-electron chi connectivity index (χ4n) is 2.42. The highest BCUT2D eigenvalue weighted by atomic mass is 15.1. The van der Waals surface area contributed by atoms with Gasteiger partial charge in [-0.3, -0.25) is 4.90 Å². The summed E-state index contributed by atoms with van der Waals surface area (Å²) in [4.78, 5) is 2.54. The summed E-state index contributed by atoms with van der Waals surface area (Å²) in [6.45, 7) is 5.79. The third-order valence-corrected chi connectivity index (χ3v) is 3.11. The Morgan fingerprint density at radius 2 is 2.36 bits per heavy atom. The van der Waals surface area contributed by atoms with Crippen LogP contribution in [0.15, 0.2) is 23.8 Å². The zero-order valence-corrected chi connectivity index (χ0v) is 8.95. The van der Waals surface area contributed by atoms with Gasteiger partial charge >= 0.3 is 0 Å². The van der Waals surface area contributed by atoms with Crippen LogP contribution in [0, 0.1) is 5.92 Å². The molecule has 78 valence electrons. The molecular weight excluding hydrogens is 172 g/mol. The Morgan fingerprint density at radius 1 is 1.50 bits per heavy atom. The van der Waals surface area contributed by atoms with Gasteiger partial charge in [0.05, 0.1) is 0 Å². The molecule has 2 aliphatic rings. The monoisotopic (exact) mass is 192 g/mol. The lowest BCUT2D eigenvalue weighted by atomic mass is 10.1. The van der Waals surface area contributed by atoms with E-state index in [-0.39, 0.29) is 0 Å². The maximum absolute atomic E-state index is 5.84. The van der Waals surface area contributed by atoms with Crippen LogP contribution in [0.1, 0.15) is 19.8 Å². The van der Waals surface area contributed by atoms with Gasteiger partial charge in [-0.2, -0.15) is 0 Å². The molecule has 0 aromatic rings. The second kappa shape index (κ2) is 4.28. The predicted molar refractivity (Wildman–Crippen MR) is 60.0 cm³/mol. The molecule has 1 aliphatic carbocycles. The summed E-state index contributed by atoms with van der Waals surface area (Å²) >= 11 is 0. The van der Waals surface area contributed by atoms with Crippen LogP contribution in [0.3, 0.4) is 0 Å². The normalized spacial score (nSPS) is 33.4. The van der Waals surface area contributed by atoms with Gasteiger partial charge in [0.15, 0.2) is 0 Å². The maximum atomic E-state index is 5.84. The molecule has 0 radical (unpaired) electrons. The molecule has 0 saturated carbocycles.